The highest BCUT2D eigenvalue weighted by molar-refractivity contribution is 7.99. The van der Waals surface area contributed by atoms with Gasteiger partial charge in [0.25, 0.3) is 0 Å². The molecule has 0 radical (unpaired) electrons. The second-order valence-electron chi connectivity index (χ2n) is 5.08. The van der Waals surface area contributed by atoms with E-state index in [1.54, 1.807) is 0 Å². The third-order valence-corrected chi connectivity index (χ3v) is 5.02. The SMILES string of the molecule is Cc1cc2c(cc1C)C(=O)CC(c1ccccc1)S2. The van der Waals surface area contributed by atoms with E-state index in [9.17, 15) is 4.79 Å². The first-order chi connectivity index (χ1) is 9.15. The summed E-state index contributed by atoms with van der Waals surface area (Å²) in [5.41, 5.74) is 4.60. The van der Waals surface area contributed by atoms with Gasteiger partial charge < -0.3 is 0 Å². The van der Waals surface area contributed by atoms with Gasteiger partial charge in [-0.25, -0.2) is 0 Å². The largest absolute Gasteiger partial charge is 0.294 e. The standard InChI is InChI=1S/C17H16OS/c1-11-8-14-15(18)10-16(13-6-4-3-5-7-13)19-17(14)9-12(11)2/h3-9,16H,10H2,1-2H3. The monoisotopic (exact) mass is 268 g/mol. The molecule has 0 spiro atoms. The average Bonchev–Trinajstić information content (AvgIpc) is 2.42. The van der Waals surface area contributed by atoms with Crippen LogP contribution in [-0.2, 0) is 0 Å². The van der Waals surface area contributed by atoms with Gasteiger partial charge in [-0.05, 0) is 42.7 Å². The maximum absolute atomic E-state index is 12.3. The number of hydrogen-bond donors (Lipinski definition) is 0. The Hall–Kier alpha value is -1.54. The number of benzene rings is 2. The Morgan fingerprint density at radius 1 is 1.05 bits per heavy atom. The van der Waals surface area contributed by atoms with Crippen molar-refractivity contribution in [1.29, 1.82) is 0 Å². The van der Waals surface area contributed by atoms with Crippen LogP contribution in [0.25, 0.3) is 0 Å². The molecule has 1 nitrogen and oxygen atoms in total. The predicted octanol–water partition coefficient (Wildman–Crippen LogP) is 4.72. The Morgan fingerprint density at radius 3 is 2.47 bits per heavy atom. The third-order valence-electron chi connectivity index (χ3n) is 3.71. The molecule has 1 aliphatic rings. The molecule has 2 heteroatoms. The maximum Gasteiger partial charge on any atom is 0.165 e. The Balaban J connectivity index is 2.00. The van der Waals surface area contributed by atoms with Crippen LogP contribution in [0.4, 0.5) is 0 Å². The number of carbonyl (C=O) groups is 1. The van der Waals surface area contributed by atoms with E-state index in [1.165, 1.54) is 16.7 Å². The number of aryl methyl sites for hydroxylation is 2. The Labute approximate surface area is 118 Å². The van der Waals surface area contributed by atoms with Crippen LogP contribution < -0.4 is 0 Å². The molecule has 2 aromatic rings. The molecule has 0 aromatic heterocycles. The van der Waals surface area contributed by atoms with Gasteiger partial charge in [0.1, 0.15) is 0 Å². The molecule has 0 saturated carbocycles. The van der Waals surface area contributed by atoms with Crippen LogP contribution in [0, 0.1) is 13.8 Å². The van der Waals surface area contributed by atoms with E-state index in [0.29, 0.717) is 6.42 Å². The van der Waals surface area contributed by atoms with E-state index in [1.807, 2.05) is 36.0 Å². The van der Waals surface area contributed by atoms with Crippen molar-refractivity contribution in [3.05, 3.63) is 64.7 Å². The number of Topliss-reactive ketones (excluding diaryl/α,β-unsaturated/α-hetero) is 1. The summed E-state index contributed by atoms with van der Waals surface area (Å²) >= 11 is 1.82. The summed E-state index contributed by atoms with van der Waals surface area (Å²) < 4.78 is 0. The lowest BCUT2D eigenvalue weighted by Crippen LogP contribution is -2.12. The van der Waals surface area contributed by atoms with Gasteiger partial charge in [0.05, 0.1) is 0 Å². The molecule has 0 aliphatic carbocycles. The molecular weight excluding hydrogens is 252 g/mol. The van der Waals surface area contributed by atoms with E-state index in [4.69, 9.17) is 0 Å². The summed E-state index contributed by atoms with van der Waals surface area (Å²) in [6.45, 7) is 4.17. The van der Waals surface area contributed by atoms with Crippen molar-refractivity contribution in [3.63, 3.8) is 0 Å². The van der Waals surface area contributed by atoms with Crippen molar-refractivity contribution >= 4 is 17.5 Å². The smallest absolute Gasteiger partial charge is 0.165 e. The lowest BCUT2D eigenvalue weighted by molar-refractivity contribution is 0.0976. The van der Waals surface area contributed by atoms with E-state index in [2.05, 4.69) is 32.0 Å². The van der Waals surface area contributed by atoms with Gasteiger partial charge in [-0.2, -0.15) is 0 Å². The van der Waals surface area contributed by atoms with Crippen LogP contribution in [0.3, 0.4) is 0 Å². The average molecular weight is 268 g/mol. The summed E-state index contributed by atoms with van der Waals surface area (Å²) in [5.74, 6) is 0.269. The van der Waals surface area contributed by atoms with E-state index in [-0.39, 0.29) is 11.0 Å². The molecule has 96 valence electrons. The number of carbonyl (C=O) groups excluding carboxylic acids is 1. The molecule has 1 unspecified atom stereocenters. The van der Waals surface area contributed by atoms with Gasteiger partial charge in [0, 0.05) is 22.1 Å². The van der Waals surface area contributed by atoms with Gasteiger partial charge in [-0.15, -0.1) is 11.8 Å². The molecule has 1 aliphatic heterocycles. The van der Waals surface area contributed by atoms with Crippen molar-refractivity contribution < 1.29 is 4.79 Å². The topological polar surface area (TPSA) is 17.1 Å². The first-order valence-corrected chi connectivity index (χ1v) is 7.39. The highest BCUT2D eigenvalue weighted by Gasteiger charge is 2.27. The summed E-state index contributed by atoms with van der Waals surface area (Å²) in [6.07, 6.45) is 0.601. The summed E-state index contributed by atoms with van der Waals surface area (Å²) in [6, 6.07) is 14.5. The summed E-state index contributed by atoms with van der Waals surface area (Å²) in [7, 11) is 0. The first-order valence-electron chi connectivity index (χ1n) is 6.51. The minimum absolute atomic E-state index is 0.253. The minimum Gasteiger partial charge on any atom is -0.294 e. The van der Waals surface area contributed by atoms with Crippen LogP contribution in [0.2, 0.25) is 0 Å². The fourth-order valence-corrected chi connectivity index (χ4v) is 3.81. The van der Waals surface area contributed by atoms with E-state index < -0.39 is 0 Å². The van der Waals surface area contributed by atoms with E-state index >= 15 is 0 Å². The second kappa shape index (κ2) is 4.86. The van der Waals surface area contributed by atoms with Gasteiger partial charge in [-0.3, -0.25) is 4.79 Å². The van der Waals surface area contributed by atoms with Gasteiger partial charge >= 0.3 is 0 Å². The Bertz CT molecular complexity index is 631. The van der Waals surface area contributed by atoms with Crippen molar-refractivity contribution in [2.24, 2.45) is 0 Å². The van der Waals surface area contributed by atoms with Crippen LogP contribution in [0.15, 0.2) is 47.4 Å². The molecule has 0 bridgehead atoms. The number of hydrogen-bond acceptors (Lipinski definition) is 2. The number of ketones is 1. The van der Waals surface area contributed by atoms with Gasteiger partial charge in [-0.1, -0.05) is 30.3 Å². The zero-order valence-corrected chi connectivity index (χ0v) is 12.0. The van der Waals surface area contributed by atoms with Crippen LogP contribution in [0.5, 0.6) is 0 Å². The summed E-state index contributed by atoms with van der Waals surface area (Å²) in [5, 5.41) is 0.253. The first kappa shape index (κ1) is 12.5. The molecule has 0 amide bonds. The lowest BCUT2D eigenvalue weighted by atomic mass is 9.98. The normalized spacial score (nSPS) is 18.2. The van der Waals surface area contributed by atoms with Crippen molar-refractivity contribution in [2.75, 3.05) is 0 Å². The fraction of sp³-hybridized carbons (Fsp3) is 0.235. The second-order valence-corrected chi connectivity index (χ2v) is 6.32. The third kappa shape index (κ3) is 2.33. The number of thioether (sulfide) groups is 1. The molecule has 3 rings (SSSR count). The Kier molecular flexibility index (Phi) is 3.19. The fourth-order valence-electron chi connectivity index (χ4n) is 2.43. The number of fused-ring (bicyclic) bond motifs is 1. The molecule has 0 saturated heterocycles. The quantitative estimate of drug-likeness (QED) is 0.744. The molecule has 2 aromatic carbocycles. The highest BCUT2D eigenvalue weighted by Crippen LogP contribution is 2.45. The van der Waals surface area contributed by atoms with E-state index in [0.717, 1.165) is 10.5 Å². The Morgan fingerprint density at radius 2 is 1.74 bits per heavy atom. The predicted molar refractivity (Wildman–Crippen MR) is 79.9 cm³/mol. The molecule has 19 heavy (non-hydrogen) atoms. The molecule has 0 fully saturated rings. The summed E-state index contributed by atoms with van der Waals surface area (Å²) in [4.78, 5) is 13.5. The molecule has 0 N–H and O–H groups in total. The van der Waals surface area contributed by atoms with Crippen LogP contribution in [0.1, 0.15) is 38.7 Å². The van der Waals surface area contributed by atoms with Crippen molar-refractivity contribution in [2.45, 2.75) is 30.4 Å². The zero-order chi connectivity index (χ0) is 13.4. The van der Waals surface area contributed by atoms with Crippen LogP contribution in [-0.4, -0.2) is 5.78 Å². The molecule has 1 heterocycles. The lowest BCUT2D eigenvalue weighted by Gasteiger charge is -2.24. The molecular formula is C17H16OS. The van der Waals surface area contributed by atoms with Crippen molar-refractivity contribution in [3.8, 4) is 0 Å². The van der Waals surface area contributed by atoms with Gasteiger partial charge in [0.2, 0.25) is 0 Å². The number of rotatable bonds is 1. The van der Waals surface area contributed by atoms with Gasteiger partial charge in [0.15, 0.2) is 5.78 Å². The maximum atomic E-state index is 12.3. The zero-order valence-electron chi connectivity index (χ0n) is 11.1. The van der Waals surface area contributed by atoms with Crippen LogP contribution >= 0.6 is 11.8 Å². The molecule has 1 atom stereocenters. The van der Waals surface area contributed by atoms with Crippen molar-refractivity contribution in [1.82, 2.24) is 0 Å². The minimum atomic E-state index is 0.253. The highest BCUT2D eigenvalue weighted by atomic mass is 32.2.